The molecule has 1 heterocycles. The van der Waals surface area contributed by atoms with E-state index in [-0.39, 0.29) is 12.3 Å². The zero-order valence-corrected chi connectivity index (χ0v) is 7.39. The molecule has 0 saturated heterocycles. The third kappa shape index (κ3) is 1.66. The molecule has 1 aromatic heterocycles. The highest BCUT2D eigenvalue weighted by molar-refractivity contribution is 14.1. The second kappa shape index (κ2) is 2.72. The van der Waals surface area contributed by atoms with Crippen molar-refractivity contribution in [1.82, 2.24) is 9.97 Å². The zero-order valence-electron chi connectivity index (χ0n) is 5.65. The van der Waals surface area contributed by atoms with Gasteiger partial charge in [-0.15, -0.1) is 0 Å². The minimum absolute atomic E-state index is 0.0596. The summed E-state index contributed by atoms with van der Waals surface area (Å²) in [5.74, 6) is 0. The highest BCUT2D eigenvalue weighted by Crippen LogP contribution is 2.04. The summed E-state index contributed by atoms with van der Waals surface area (Å²) in [6.07, 6.45) is 0.119. The van der Waals surface area contributed by atoms with E-state index in [2.05, 4.69) is 25.9 Å². The molecule has 42 valence electrons. The third-order valence-corrected chi connectivity index (χ3v) is 1.33. The first kappa shape index (κ1) is 4.16. The van der Waals surface area contributed by atoms with Gasteiger partial charge >= 0.3 is 0 Å². The third-order valence-electron chi connectivity index (χ3n) is 0.493. The van der Waals surface area contributed by atoms with Crippen LogP contribution in [0.2, 0.25) is 0 Å². The van der Waals surface area contributed by atoms with Crippen LogP contribution < -0.4 is 0 Å². The minimum Gasteiger partial charge on any atom is -0.230 e. The molecule has 0 unspecified atom stereocenters. The summed E-state index contributed by atoms with van der Waals surface area (Å²) in [6, 6.07) is 0. The number of rotatable bonds is 0. The van der Waals surface area contributed by atoms with Gasteiger partial charge in [0.15, 0.2) is 3.83 Å². The Morgan fingerprint density at radius 1 is 1.62 bits per heavy atom. The van der Waals surface area contributed by atoms with Crippen molar-refractivity contribution in [3.63, 3.8) is 0 Å². The molecule has 4 heteroatoms. The fourth-order valence-corrected chi connectivity index (χ4v) is 0.659. The second-order valence-corrected chi connectivity index (χ2v) is 2.79. The molecule has 0 aliphatic rings. The Kier molecular flexibility index (Phi) is 1.42. The first-order valence-corrected chi connectivity index (χ1v) is 3.64. The molecule has 8 heavy (non-hydrogen) atoms. The Bertz CT molecular complexity index is 244. The van der Waals surface area contributed by atoms with Gasteiger partial charge in [-0.1, -0.05) is 0 Å². The van der Waals surface area contributed by atoms with Gasteiger partial charge in [0.2, 0.25) is 0 Å². The van der Waals surface area contributed by atoms with Crippen LogP contribution in [0.3, 0.4) is 0 Å². The monoisotopic (exact) mass is 286 g/mol. The maximum Gasteiger partial charge on any atom is 0.190 e. The lowest BCUT2D eigenvalue weighted by molar-refractivity contribution is 1.09. The molecule has 0 atom stereocenters. The van der Waals surface area contributed by atoms with Crippen molar-refractivity contribution in [2.75, 3.05) is 0 Å². The molecule has 0 saturated carbocycles. The van der Waals surface area contributed by atoms with Crippen LogP contribution in [0.25, 0.3) is 0 Å². The molecular formula is C4H2BrIN2. The molecule has 0 aliphatic carbocycles. The van der Waals surface area contributed by atoms with E-state index in [0.717, 1.165) is 0 Å². The molecule has 0 amide bonds. The lowest BCUT2D eigenvalue weighted by atomic mass is 10.7. The maximum atomic E-state index is 7.18. The van der Waals surface area contributed by atoms with Crippen LogP contribution in [-0.2, 0) is 0 Å². The summed E-state index contributed by atoms with van der Waals surface area (Å²) in [4.78, 5) is 7.42. The molecule has 1 rings (SSSR count). The van der Waals surface area contributed by atoms with Crippen molar-refractivity contribution < 1.29 is 2.74 Å². The quantitative estimate of drug-likeness (QED) is 0.537. The smallest absolute Gasteiger partial charge is 0.190 e. The van der Waals surface area contributed by atoms with Crippen LogP contribution in [0, 0.1) is 3.83 Å². The summed E-state index contributed by atoms with van der Waals surface area (Å²) in [5, 5.41) is 0. The van der Waals surface area contributed by atoms with Gasteiger partial charge in [-0.25, -0.2) is 9.97 Å². The number of nitrogens with zero attached hydrogens (tertiary/aromatic N) is 2. The molecule has 0 radical (unpaired) electrons. The number of hydrogen-bond acceptors (Lipinski definition) is 2. The van der Waals surface area contributed by atoms with E-state index in [4.69, 9.17) is 2.74 Å². The van der Waals surface area contributed by atoms with E-state index in [1.54, 1.807) is 0 Å². The van der Waals surface area contributed by atoms with Crippen molar-refractivity contribution in [3.05, 3.63) is 20.6 Å². The predicted molar refractivity (Wildman–Crippen MR) is 42.4 cm³/mol. The molecule has 0 aromatic carbocycles. The van der Waals surface area contributed by atoms with Gasteiger partial charge in [0, 0.05) is 34.9 Å². The molecule has 0 spiro atoms. The number of aromatic nitrogens is 2. The highest BCUT2D eigenvalue weighted by Gasteiger charge is 1.85. The van der Waals surface area contributed by atoms with Crippen molar-refractivity contribution in [1.29, 1.82) is 0 Å². The SMILES string of the molecule is [2H]c1nc(I)nc([2H])c1Br. The molecule has 0 N–H and O–H groups in total. The molecule has 0 fully saturated rings. The molecule has 0 aliphatic heterocycles. The lowest BCUT2D eigenvalue weighted by Crippen LogP contribution is -1.82. The van der Waals surface area contributed by atoms with Crippen LogP contribution in [-0.4, -0.2) is 9.97 Å². The van der Waals surface area contributed by atoms with Gasteiger partial charge in [0.1, 0.15) is 0 Å². The fraction of sp³-hybridized carbons (Fsp3) is 0. The Balaban J connectivity index is 3.31. The predicted octanol–water partition coefficient (Wildman–Crippen LogP) is 1.84. The largest absolute Gasteiger partial charge is 0.230 e. The lowest BCUT2D eigenvalue weighted by Gasteiger charge is -1.85. The van der Waals surface area contributed by atoms with Crippen molar-refractivity contribution >= 4 is 38.5 Å². The Labute approximate surface area is 71.8 Å². The summed E-state index contributed by atoms with van der Waals surface area (Å²) in [5.41, 5.74) is 0. The topological polar surface area (TPSA) is 25.8 Å². The van der Waals surface area contributed by atoms with E-state index >= 15 is 0 Å². The van der Waals surface area contributed by atoms with Crippen LogP contribution in [0.4, 0.5) is 0 Å². The van der Waals surface area contributed by atoms with Gasteiger partial charge in [-0.3, -0.25) is 0 Å². The van der Waals surface area contributed by atoms with Crippen LogP contribution in [0.1, 0.15) is 2.74 Å². The second-order valence-electron chi connectivity index (χ2n) is 1.03. The Morgan fingerprint density at radius 3 is 2.62 bits per heavy atom. The fourth-order valence-electron chi connectivity index (χ4n) is 0.240. The average molecular weight is 287 g/mol. The summed E-state index contributed by atoms with van der Waals surface area (Å²) < 4.78 is 15.1. The average Bonchev–Trinajstić information content (AvgIpc) is 1.82. The van der Waals surface area contributed by atoms with E-state index in [9.17, 15) is 0 Å². The Morgan fingerprint density at radius 2 is 2.12 bits per heavy atom. The summed E-state index contributed by atoms with van der Waals surface area (Å²) in [6.45, 7) is 0. The first-order valence-electron chi connectivity index (χ1n) is 2.77. The molecule has 0 bridgehead atoms. The first-order chi connectivity index (χ1) is 4.61. The van der Waals surface area contributed by atoms with Gasteiger partial charge in [-0.2, -0.15) is 0 Å². The van der Waals surface area contributed by atoms with E-state index in [1.807, 2.05) is 22.6 Å². The van der Waals surface area contributed by atoms with E-state index < -0.39 is 0 Å². The van der Waals surface area contributed by atoms with Gasteiger partial charge in [-0.05, 0) is 15.9 Å². The van der Waals surface area contributed by atoms with Crippen molar-refractivity contribution in [2.45, 2.75) is 0 Å². The highest BCUT2D eigenvalue weighted by atomic mass is 127. The number of halogens is 2. The minimum atomic E-state index is 0.0596. The molecular weight excluding hydrogens is 283 g/mol. The zero-order chi connectivity index (χ0) is 7.72. The normalized spacial score (nSPS) is 12.8. The van der Waals surface area contributed by atoms with Crippen LogP contribution in [0.5, 0.6) is 0 Å². The standard InChI is InChI=1S/C4H2BrIN2/c5-3-1-7-4(6)8-2-3/h1-2H/i1D,2D. The van der Waals surface area contributed by atoms with Gasteiger partial charge in [0.05, 0.1) is 7.21 Å². The van der Waals surface area contributed by atoms with Crippen LogP contribution >= 0.6 is 38.5 Å². The van der Waals surface area contributed by atoms with Crippen molar-refractivity contribution in [3.8, 4) is 0 Å². The van der Waals surface area contributed by atoms with Crippen LogP contribution in [0.15, 0.2) is 16.8 Å². The number of hydrogen-bond donors (Lipinski definition) is 0. The van der Waals surface area contributed by atoms with Gasteiger partial charge < -0.3 is 0 Å². The Hall–Kier alpha value is 0.290. The molecule has 1 aromatic rings. The van der Waals surface area contributed by atoms with E-state index in [1.165, 1.54) is 0 Å². The van der Waals surface area contributed by atoms with Crippen molar-refractivity contribution in [2.24, 2.45) is 0 Å². The summed E-state index contributed by atoms with van der Waals surface area (Å²) >= 11 is 4.87. The van der Waals surface area contributed by atoms with E-state index in [0.29, 0.717) is 8.30 Å². The molecule has 2 nitrogen and oxygen atoms in total. The maximum absolute atomic E-state index is 7.18. The summed E-state index contributed by atoms with van der Waals surface area (Å²) in [7, 11) is 0. The van der Waals surface area contributed by atoms with Gasteiger partial charge in [0.25, 0.3) is 0 Å².